The number of para-hydroxylation sites is 2. The zero-order chi connectivity index (χ0) is 15.9. The standard InChI is InChI=1S/C15H22N4O3/c1-12(20)16-17-15(21)11-18-7-9-19(10-8-18)13-5-3-4-6-14(13)22-2/h3-6H,7-11H2,1-2H3,(H,16,20)(H,17,21). The minimum Gasteiger partial charge on any atom is -0.495 e. The number of piperazine rings is 1. The Morgan fingerprint density at radius 2 is 1.82 bits per heavy atom. The van der Waals surface area contributed by atoms with E-state index in [0.29, 0.717) is 0 Å². The SMILES string of the molecule is COc1ccccc1N1CCN(CC(=O)NNC(C)=O)CC1. The third-order valence-electron chi connectivity index (χ3n) is 3.54. The molecule has 7 heteroatoms. The fourth-order valence-corrected chi connectivity index (χ4v) is 2.44. The molecular weight excluding hydrogens is 284 g/mol. The molecule has 1 aromatic rings. The van der Waals surface area contributed by atoms with Crippen LogP contribution in [0.5, 0.6) is 5.75 Å². The fraction of sp³-hybridized carbons (Fsp3) is 0.467. The van der Waals surface area contributed by atoms with E-state index >= 15 is 0 Å². The Labute approximate surface area is 130 Å². The predicted octanol–water partition coefficient (Wildman–Crippen LogP) is -0.0155. The number of benzene rings is 1. The minimum atomic E-state index is -0.283. The number of methoxy groups -OCH3 is 1. The molecule has 2 rings (SSSR count). The Morgan fingerprint density at radius 1 is 1.14 bits per heavy atom. The van der Waals surface area contributed by atoms with E-state index in [9.17, 15) is 9.59 Å². The van der Waals surface area contributed by atoms with Gasteiger partial charge in [0.25, 0.3) is 5.91 Å². The molecule has 0 aliphatic carbocycles. The maximum absolute atomic E-state index is 11.7. The largest absolute Gasteiger partial charge is 0.495 e. The van der Waals surface area contributed by atoms with Crippen molar-refractivity contribution in [3.05, 3.63) is 24.3 Å². The van der Waals surface area contributed by atoms with Crippen LogP contribution in [0, 0.1) is 0 Å². The van der Waals surface area contributed by atoms with Crippen molar-refractivity contribution in [2.45, 2.75) is 6.92 Å². The highest BCUT2D eigenvalue weighted by Crippen LogP contribution is 2.28. The normalized spacial score (nSPS) is 15.3. The quantitative estimate of drug-likeness (QED) is 0.765. The van der Waals surface area contributed by atoms with Crippen molar-refractivity contribution in [1.29, 1.82) is 0 Å². The van der Waals surface area contributed by atoms with Gasteiger partial charge in [-0.2, -0.15) is 0 Å². The molecule has 0 unspecified atom stereocenters. The monoisotopic (exact) mass is 306 g/mol. The molecule has 0 radical (unpaired) electrons. The second kappa shape index (κ2) is 7.65. The first kappa shape index (κ1) is 16.1. The number of carbonyl (C=O) groups is 2. The Kier molecular flexibility index (Phi) is 5.60. The second-order valence-corrected chi connectivity index (χ2v) is 5.16. The number of nitrogens with zero attached hydrogens (tertiary/aromatic N) is 2. The number of nitrogens with one attached hydrogen (secondary N) is 2. The summed E-state index contributed by atoms with van der Waals surface area (Å²) in [6, 6.07) is 7.93. The molecule has 1 fully saturated rings. The van der Waals surface area contributed by atoms with Crippen molar-refractivity contribution in [2.24, 2.45) is 0 Å². The Morgan fingerprint density at radius 3 is 2.45 bits per heavy atom. The highest BCUT2D eigenvalue weighted by molar-refractivity contribution is 5.82. The lowest BCUT2D eigenvalue weighted by Crippen LogP contribution is -2.51. The lowest BCUT2D eigenvalue weighted by Gasteiger charge is -2.36. The Bertz CT molecular complexity index is 527. The van der Waals surface area contributed by atoms with Gasteiger partial charge in [-0.3, -0.25) is 25.3 Å². The van der Waals surface area contributed by atoms with Crippen molar-refractivity contribution in [3.63, 3.8) is 0 Å². The number of hydrogen-bond donors (Lipinski definition) is 2. The zero-order valence-corrected chi connectivity index (χ0v) is 13.0. The lowest BCUT2D eigenvalue weighted by molar-refractivity contribution is -0.128. The summed E-state index contributed by atoms with van der Waals surface area (Å²) >= 11 is 0. The predicted molar refractivity (Wildman–Crippen MR) is 83.6 cm³/mol. The first-order chi connectivity index (χ1) is 10.6. The summed E-state index contributed by atoms with van der Waals surface area (Å²) in [4.78, 5) is 26.7. The maximum atomic E-state index is 11.7. The summed E-state index contributed by atoms with van der Waals surface area (Å²) in [6.07, 6.45) is 0. The molecule has 0 saturated carbocycles. The van der Waals surface area contributed by atoms with Crippen molar-refractivity contribution < 1.29 is 14.3 Å². The van der Waals surface area contributed by atoms with Gasteiger partial charge in [-0.25, -0.2) is 0 Å². The van der Waals surface area contributed by atoms with E-state index in [2.05, 4.69) is 20.7 Å². The number of hydrazine groups is 1. The van der Waals surface area contributed by atoms with Crippen LogP contribution in [0.1, 0.15) is 6.92 Å². The molecule has 1 aliphatic rings. The first-order valence-electron chi connectivity index (χ1n) is 7.26. The molecule has 1 heterocycles. The maximum Gasteiger partial charge on any atom is 0.252 e. The van der Waals surface area contributed by atoms with Crippen LogP contribution in [0.2, 0.25) is 0 Å². The van der Waals surface area contributed by atoms with Gasteiger partial charge >= 0.3 is 0 Å². The molecule has 0 aromatic heterocycles. The average Bonchev–Trinajstić information content (AvgIpc) is 2.53. The molecule has 2 N–H and O–H groups in total. The third-order valence-corrected chi connectivity index (χ3v) is 3.54. The summed E-state index contributed by atoms with van der Waals surface area (Å²) in [7, 11) is 1.67. The lowest BCUT2D eigenvalue weighted by atomic mass is 10.2. The van der Waals surface area contributed by atoms with Gasteiger partial charge in [-0.1, -0.05) is 12.1 Å². The molecule has 1 saturated heterocycles. The molecule has 120 valence electrons. The van der Waals surface area contributed by atoms with E-state index in [1.807, 2.05) is 24.3 Å². The summed E-state index contributed by atoms with van der Waals surface area (Å²) in [6.45, 7) is 4.85. The number of anilines is 1. The summed E-state index contributed by atoms with van der Waals surface area (Å²) < 4.78 is 5.38. The number of hydrogen-bond acceptors (Lipinski definition) is 5. The van der Waals surface area contributed by atoms with Crippen LogP contribution < -0.4 is 20.5 Å². The van der Waals surface area contributed by atoms with Crippen LogP contribution in [0.15, 0.2) is 24.3 Å². The van der Waals surface area contributed by atoms with E-state index < -0.39 is 0 Å². The van der Waals surface area contributed by atoms with Crippen LogP contribution in [0.4, 0.5) is 5.69 Å². The number of rotatable bonds is 4. The highest BCUT2D eigenvalue weighted by Gasteiger charge is 2.20. The fourth-order valence-electron chi connectivity index (χ4n) is 2.44. The highest BCUT2D eigenvalue weighted by atomic mass is 16.5. The second-order valence-electron chi connectivity index (χ2n) is 5.16. The van der Waals surface area contributed by atoms with Crippen molar-refractivity contribution in [1.82, 2.24) is 15.8 Å². The van der Waals surface area contributed by atoms with Gasteiger partial charge in [0.2, 0.25) is 5.91 Å². The van der Waals surface area contributed by atoms with Gasteiger partial charge < -0.3 is 9.64 Å². The van der Waals surface area contributed by atoms with Gasteiger partial charge in [0.1, 0.15) is 5.75 Å². The van der Waals surface area contributed by atoms with Gasteiger partial charge in [0.15, 0.2) is 0 Å². The van der Waals surface area contributed by atoms with E-state index in [1.165, 1.54) is 6.92 Å². The molecule has 0 bridgehead atoms. The molecule has 22 heavy (non-hydrogen) atoms. The third kappa shape index (κ3) is 4.36. The van der Waals surface area contributed by atoms with Gasteiger partial charge in [0.05, 0.1) is 19.3 Å². The Hall–Kier alpha value is -2.28. The van der Waals surface area contributed by atoms with Gasteiger partial charge in [0, 0.05) is 33.1 Å². The molecule has 1 aliphatic heterocycles. The van der Waals surface area contributed by atoms with Crippen molar-refractivity contribution in [2.75, 3.05) is 44.7 Å². The van der Waals surface area contributed by atoms with Crippen LogP contribution in [0.25, 0.3) is 0 Å². The number of carbonyl (C=O) groups excluding carboxylic acids is 2. The molecule has 1 aromatic carbocycles. The molecule has 0 atom stereocenters. The molecule has 2 amide bonds. The number of amides is 2. The van der Waals surface area contributed by atoms with Crippen LogP contribution in [-0.4, -0.2) is 56.5 Å². The van der Waals surface area contributed by atoms with Crippen LogP contribution in [0.3, 0.4) is 0 Å². The van der Waals surface area contributed by atoms with E-state index in [-0.39, 0.29) is 18.4 Å². The molecule has 0 spiro atoms. The van der Waals surface area contributed by atoms with Crippen LogP contribution >= 0.6 is 0 Å². The van der Waals surface area contributed by atoms with Crippen molar-refractivity contribution >= 4 is 17.5 Å². The van der Waals surface area contributed by atoms with E-state index in [4.69, 9.17) is 4.74 Å². The first-order valence-corrected chi connectivity index (χ1v) is 7.26. The minimum absolute atomic E-state index is 0.207. The van der Waals surface area contributed by atoms with E-state index in [0.717, 1.165) is 37.6 Å². The average molecular weight is 306 g/mol. The topological polar surface area (TPSA) is 73.9 Å². The van der Waals surface area contributed by atoms with E-state index in [1.54, 1.807) is 7.11 Å². The van der Waals surface area contributed by atoms with Crippen LogP contribution in [-0.2, 0) is 9.59 Å². The number of ether oxygens (including phenoxy) is 1. The van der Waals surface area contributed by atoms with Gasteiger partial charge in [-0.15, -0.1) is 0 Å². The summed E-state index contributed by atoms with van der Waals surface area (Å²) in [5.74, 6) is 0.370. The smallest absolute Gasteiger partial charge is 0.252 e. The molecule has 7 nitrogen and oxygen atoms in total. The zero-order valence-electron chi connectivity index (χ0n) is 13.0. The molecular formula is C15H22N4O3. The van der Waals surface area contributed by atoms with Gasteiger partial charge in [-0.05, 0) is 12.1 Å². The Balaban J connectivity index is 1.83. The summed E-state index contributed by atoms with van der Waals surface area (Å²) in [5.41, 5.74) is 5.75. The van der Waals surface area contributed by atoms with Crippen molar-refractivity contribution in [3.8, 4) is 5.75 Å². The summed E-state index contributed by atoms with van der Waals surface area (Å²) in [5, 5.41) is 0.